The highest BCUT2D eigenvalue weighted by Gasteiger charge is 2.12. The molecule has 4 aromatic heterocycles. The summed E-state index contributed by atoms with van der Waals surface area (Å²) in [5.41, 5.74) is 6.56. The van der Waals surface area contributed by atoms with Crippen molar-refractivity contribution >= 4 is 28.4 Å². The minimum Gasteiger partial charge on any atom is -0.297 e. The minimum atomic E-state index is -0.236. The Kier molecular flexibility index (Phi) is 5.07. The van der Waals surface area contributed by atoms with Gasteiger partial charge in [0.15, 0.2) is 4.96 Å². The Balaban J connectivity index is 1.35. The van der Waals surface area contributed by atoms with Crippen LogP contribution in [0.25, 0.3) is 21.9 Å². The number of hydrazone groups is 1. The number of para-hydroxylation sites is 1. The second-order valence-electron chi connectivity index (χ2n) is 6.75. The Hall–Kier alpha value is -4.11. The van der Waals surface area contributed by atoms with Gasteiger partial charge in [-0.25, -0.2) is 15.1 Å². The van der Waals surface area contributed by atoms with Crippen LogP contribution in [0, 0.1) is 0 Å². The van der Waals surface area contributed by atoms with Gasteiger partial charge in [-0.2, -0.15) is 10.2 Å². The van der Waals surface area contributed by atoms with E-state index < -0.39 is 0 Å². The predicted molar refractivity (Wildman–Crippen MR) is 119 cm³/mol. The number of rotatable bonds is 6. The topological polar surface area (TPSA) is 89.5 Å². The van der Waals surface area contributed by atoms with Gasteiger partial charge in [-0.15, -0.1) is 11.3 Å². The number of aromatic nitrogens is 5. The third-order valence-corrected chi connectivity index (χ3v) is 5.35. The predicted octanol–water partition coefficient (Wildman–Crippen LogP) is 3.34. The second kappa shape index (κ2) is 8.33. The van der Waals surface area contributed by atoms with Crippen molar-refractivity contribution in [3.63, 3.8) is 0 Å². The molecule has 5 rings (SSSR count). The molecule has 0 saturated heterocycles. The average Bonchev–Trinajstić information content (AvgIpc) is 3.50. The molecule has 4 heterocycles. The van der Waals surface area contributed by atoms with Crippen LogP contribution in [0.2, 0.25) is 0 Å². The molecule has 31 heavy (non-hydrogen) atoms. The molecule has 0 unspecified atom stereocenters. The Bertz CT molecular complexity index is 1320. The first-order valence-corrected chi connectivity index (χ1v) is 10.4. The van der Waals surface area contributed by atoms with Crippen molar-refractivity contribution in [1.29, 1.82) is 0 Å². The van der Waals surface area contributed by atoms with E-state index in [2.05, 4.69) is 20.5 Å². The summed E-state index contributed by atoms with van der Waals surface area (Å²) in [5, 5.41) is 10.8. The van der Waals surface area contributed by atoms with E-state index in [1.165, 1.54) is 11.3 Å². The summed E-state index contributed by atoms with van der Waals surface area (Å²) in [4.78, 5) is 21.7. The van der Waals surface area contributed by atoms with Gasteiger partial charge in [-0.05, 0) is 24.3 Å². The fraction of sp³-hybridized carbons (Fsp3) is 0.0455. The molecule has 0 fully saturated rings. The van der Waals surface area contributed by atoms with Crippen molar-refractivity contribution in [2.45, 2.75) is 6.42 Å². The smallest absolute Gasteiger partial charge is 0.246 e. The Morgan fingerprint density at radius 3 is 2.87 bits per heavy atom. The molecule has 0 aliphatic rings. The highest BCUT2D eigenvalue weighted by molar-refractivity contribution is 7.15. The summed E-state index contributed by atoms with van der Waals surface area (Å²) in [5.74, 6) is -0.236. The number of amides is 1. The zero-order valence-electron chi connectivity index (χ0n) is 16.3. The first-order valence-electron chi connectivity index (χ1n) is 9.55. The van der Waals surface area contributed by atoms with Gasteiger partial charge in [0.05, 0.1) is 24.0 Å². The highest BCUT2D eigenvalue weighted by atomic mass is 32.1. The lowest BCUT2D eigenvalue weighted by Gasteiger charge is -2.00. The number of hydrogen-bond acceptors (Lipinski definition) is 6. The van der Waals surface area contributed by atoms with E-state index in [9.17, 15) is 4.79 Å². The molecule has 5 aromatic rings. The molecule has 152 valence electrons. The summed E-state index contributed by atoms with van der Waals surface area (Å²) in [6.07, 6.45) is 10.8. The van der Waals surface area contributed by atoms with Crippen molar-refractivity contribution in [3.05, 3.63) is 90.1 Å². The van der Waals surface area contributed by atoms with Gasteiger partial charge in [0.2, 0.25) is 5.91 Å². The average molecular weight is 427 g/mol. The molecule has 0 bridgehead atoms. The minimum absolute atomic E-state index is 0.157. The first kappa shape index (κ1) is 18.9. The van der Waals surface area contributed by atoms with E-state index in [1.54, 1.807) is 23.3 Å². The van der Waals surface area contributed by atoms with Crippen LogP contribution in [0.5, 0.6) is 0 Å². The maximum atomic E-state index is 12.3. The van der Waals surface area contributed by atoms with Crippen LogP contribution in [-0.4, -0.2) is 36.3 Å². The molecule has 0 aliphatic heterocycles. The maximum Gasteiger partial charge on any atom is 0.246 e. The van der Waals surface area contributed by atoms with E-state index in [0.29, 0.717) is 5.69 Å². The summed E-state index contributed by atoms with van der Waals surface area (Å²) in [6, 6.07) is 13.6. The number of benzene rings is 1. The molecule has 8 nitrogen and oxygen atoms in total. The first-order chi connectivity index (χ1) is 15.3. The lowest BCUT2D eigenvalue weighted by atomic mass is 10.1. The van der Waals surface area contributed by atoms with E-state index in [0.717, 1.165) is 27.5 Å². The van der Waals surface area contributed by atoms with Crippen molar-refractivity contribution in [3.8, 4) is 16.9 Å². The number of carbonyl (C=O) groups excluding carboxylic acids is 1. The summed E-state index contributed by atoms with van der Waals surface area (Å²) in [7, 11) is 0. The van der Waals surface area contributed by atoms with Crippen LogP contribution >= 0.6 is 11.3 Å². The van der Waals surface area contributed by atoms with Crippen LogP contribution in [0.15, 0.2) is 83.9 Å². The van der Waals surface area contributed by atoms with Gasteiger partial charge in [-0.3, -0.25) is 14.2 Å². The van der Waals surface area contributed by atoms with Crippen LogP contribution in [0.3, 0.4) is 0 Å². The Morgan fingerprint density at radius 2 is 2.06 bits per heavy atom. The molecule has 0 atom stereocenters. The van der Waals surface area contributed by atoms with E-state index >= 15 is 0 Å². The molecular formula is C22H17N7OS. The number of nitrogens with one attached hydrogen (secondary N) is 1. The number of fused-ring (bicyclic) bond motifs is 1. The molecule has 0 saturated carbocycles. The fourth-order valence-electron chi connectivity index (χ4n) is 3.16. The Labute approximate surface area is 181 Å². The molecule has 9 heteroatoms. The molecule has 0 aliphatic carbocycles. The fourth-order valence-corrected chi connectivity index (χ4v) is 3.88. The molecule has 1 aromatic carbocycles. The monoisotopic (exact) mass is 427 g/mol. The lowest BCUT2D eigenvalue weighted by Crippen LogP contribution is -2.19. The number of imidazole rings is 1. The van der Waals surface area contributed by atoms with Crippen LogP contribution in [0.1, 0.15) is 11.3 Å². The summed E-state index contributed by atoms with van der Waals surface area (Å²) >= 11 is 1.53. The van der Waals surface area contributed by atoms with E-state index in [1.807, 2.05) is 70.8 Å². The van der Waals surface area contributed by atoms with Crippen LogP contribution < -0.4 is 5.43 Å². The van der Waals surface area contributed by atoms with Gasteiger partial charge in [-0.1, -0.05) is 18.2 Å². The molecule has 1 amide bonds. The zero-order chi connectivity index (χ0) is 21.0. The van der Waals surface area contributed by atoms with E-state index in [-0.39, 0.29) is 12.3 Å². The number of carbonyl (C=O) groups is 1. The van der Waals surface area contributed by atoms with Crippen molar-refractivity contribution < 1.29 is 4.79 Å². The van der Waals surface area contributed by atoms with Gasteiger partial charge < -0.3 is 0 Å². The van der Waals surface area contributed by atoms with Crippen molar-refractivity contribution in [1.82, 2.24) is 29.6 Å². The Morgan fingerprint density at radius 1 is 1.16 bits per heavy atom. The lowest BCUT2D eigenvalue weighted by molar-refractivity contribution is -0.120. The van der Waals surface area contributed by atoms with Crippen LogP contribution in [-0.2, 0) is 11.2 Å². The quantitative estimate of drug-likeness (QED) is 0.332. The number of pyridine rings is 1. The molecule has 0 spiro atoms. The third-order valence-electron chi connectivity index (χ3n) is 4.58. The van der Waals surface area contributed by atoms with Crippen molar-refractivity contribution in [2.24, 2.45) is 5.10 Å². The largest absolute Gasteiger partial charge is 0.297 e. The number of thiazole rings is 1. The van der Waals surface area contributed by atoms with Gasteiger partial charge in [0, 0.05) is 47.5 Å². The normalized spacial score (nSPS) is 11.4. The SMILES string of the molecule is O=C(Cc1cn2ccsc2n1)NN=Cc1cn(-c2ccccc2)nc1-c1cccnc1. The van der Waals surface area contributed by atoms with Gasteiger partial charge >= 0.3 is 0 Å². The molecular weight excluding hydrogens is 410 g/mol. The van der Waals surface area contributed by atoms with Gasteiger partial charge in [0.1, 0.15) is 5.69 Å². The number of nitrogens with zero attached hydrogens (tertiary/aromatic N) is 6. The van der Waals surface area contributed by atoms with Crippen molar-refractivity contribution in [2.75, 3.05) is 0 Å². The summed E-state index contributed by atoms with van der Waals surface area (Å²) in [6.45, 7) is 0. The number of hydrogen-bond donors (Lipinski definition) is 1. The molecule has 0 radical (unpaired) electrons. The third kappa shape index (κ3) is 4.12. The zero-order valence-corrected chi connectivity index (χ0v) is 17.1. The van der Waals surface area contributed by atoms with E-state index in [4.69, 9.17) is 5.10 Å². The highest BCUT2D eigenvalue weighted by Crippen LogP contribution is 2.21. The standard InChI is InChI=1S/C22H17N7OS/c30-20(11-18-15-28-9-10-31-22(28)25-18)26-24-13-17-14-29(19-6-2-1-3-7-19)27-21(17)16-5-4-8-23-12-16/h1-10,12-15H,11H2,(H,26,30). The molecule has 1 N–H and O–H groups in total. The van der Waals surface area contributed by atoms with Crippen LogP contribution in [0.4, 0.5) is 0 Å². The second-order valence-corrected chi connectivity index (χ2v) is 7.62. The summed E-state index contributed by atoms with van der Waals surface area (Å²) < 4.78 is 3.68. The van der Waals surface area contributed by atoms with Gasteiger partial charge in [0.25, 0.3) is 0 Å². The maximum absolute atomic E-state index is 12.3.